The number of esters is 1. The van der Waals surface area contributed by atoms with E-state index in [1.54, 1.807) is 18.6 Å². The zero-order valence-corrected chi connectivity index (χ0v) is 24.0. The van der Waals surface area contributed by atoms with Crippen LogP contribution in [0.4, 0.5) is 13.2 Å². The van der Waals surface area contributed by atoms with Gasteiger partial charge in [0.25, 0.3) is 5.89 Å². The Labute approximate surface area is 235 Å². The van der Waals surface area contributed by atoms with Crippen LogP contribution in [0.1, 0.15) is 38.8 Å². The summed E-state index contributed by atoms with van der Waals surface area (Å²) in [7, 11) is -3.43. The molecule has 0 amide bonds. The number of rotatable bonds is 10. The highest BCUT2D eigenvalue weighted by Crippen LogP contribution is 2.43. The first-order valence-electron chi connectivity index (χ1n) is 11.1. The van der Waals surface area contributed by atoms with Gasteiger partial charge in [-0.1, -0.05) is 36.2 Å². The third kappa shape index (κ3) is 6.72. The van der Waals surface area contributed by atoms with Crippen molar-refractivity contribution in [2.45, 2.75) is 57.3 Å². The molecule has 0 aliphatic heterocycles. The number of hydrogen-bond acceptors (Lipinski definition) is 10. The average molecular weight is 631 g/mol. The molecule has 0 saturated carbocycles. The fourth-order valence-electron chi connectivity index (χ4n) is 3.45. The molecule has 2 N–H and O–H groups in total. The van der Waals surface area contributed by atoms with Crippen LogP contribution >= 0.6 is 34.5 Å². The Morgan fingerprint density at radius 1 is 1.23 bits per heavy atom. The van der Waals surface area contributed by atoms with Gasteiger partial charge < -0.3 is 14.3 Å². The summed E-state index contributed by atoms with van der Waals surface area (Å²) in [5.74, 6) is -0.354. The molecule has 2 aromatic heterocycles. The molecule has 0 unspecified atom stereocenters. The fourth-order valence-corrected chi connectivity index (χ4v) is 6.70. The van der Waals surface area contributed by atoms with E-state index in [4.69, 9.17) is 32.4 Å². The molecule has 0 radical (unpaired) electrons. The summed E-state index contributed by atoms with van der Waals surface area (Å²) in [6, 6.07) is -0.0688. The van der Waals surface area contributed by atoms with Gasteiger partial charge in [0.1, 0.15) is 10.9 Å². The molecule has 2 heterocycles. The van der Waals surface area contributed by atoms with Crippen LogP contribution in [-0.4, -0.2) is 54.0 Å². The number of thiazole rings is 1. The van der Waals surface area contributed by atoms with Crippen LogP contribution in [0.3, 0.4) is 0 Å². The van der Waals surface area contributed by atoms with Crippen LogP contribution in [0.5, 0.6) is 0 Å². The number of nitrogens with one attached hydrogen (secondary N) is 1. The van der Waals surface area contributed by atoms with Crippen molar-refractivity contribution in [3.8, 4) is 21.3 Å². The monoisotopic (exact) mass is 630 g/mol. The molecule has 3 rings (SSSR count). The van der Waals surface area contributed by atoms with E-state index < -0.39 is 56.6 Å². The highest BCUT2D eigenvalue weighted by molar-refractivity contribution is 7.89. The molecule has 0 fully saturated rings. The van der Waals surface area contributed by atoms with Crippen LogP contribution in [0.25, 0.3) is 21.3 Å². The maximum absolute atomic E-state index is 13.1. The van der Waals surface area contributed by atoms with Crippen molar-refractivity contribution in [2.24, 2.45) is 5.41 Å². The largest absolute Gasteiger partial charge is 0.469 e. The molecule has 0 aliphatic rings. The minimum atomic E-state index is -4.81. The number of ether oxygens (including phenoxy) is 1. The van der Waals surface area contributed by atoms with Crippen molar-refractivity contribution in [3.63, 3.8) is 0 Å². The molecule has 214 valence electrons. The number of methoxy groups -OCH3 is 1. The molecule has 17 heteroatoms. The molecule has 0 bridgehead atoms. The van der Waals surface area contributed by atoms with Gasteiger partial charge in [-0.15, -0.1) is 21.5 Å². The number of sulfonamides is 1. The standard InChI is InChI=1S/C22H23Cl2F3N4O6S2/c1-5-13(22(25,26)27)31-39(34,35)12-7-6-10(15(23)16(12)24)17-11(9-32)28-19(38-17)18-30-29-14(37-18)8-21(2,3)20(33)36-4/h6-7,13,31-32H,5,8-9H2,1-4H3/t13-/m0/s1. The second-order valence-electron chi connectivity index (χ2n) is 8.87. The van der Waals surface area contributed by atoms with Crippen molar-refractivity contribution in [2.75, 3.05) is 7.11 Å². The number of hydrogen-bond donors (Lipinski definition) is 2. The van der Waals surface area contributed by atoms with Crippen LogP contribution < -0.4 is 4.72 Å². The van der Waals surface area contributed by atoms with Gasteiger partial charge >= 0.3 is 12.1 Å². The van der Waals surface area contributed by atoms with E-state index in [0.717, 1.165) is 17.4 Å². The highest BCUT2D eigenvalue weighted by atomic mass is 35.5. The van der Waals surface area contributed by atoms with Gasteiger partial charge in [-0.3, -0.25) is 4.79 Å². The molecule has 1 aromatic carbocycles. The number of alkyl halides is 3. The molecule has 0 saturated heterocycles. The molecule has 10 nitrogen and oxygen atoms in total. The summed E-state index contributed by atoms with van der Waals surface area (Å²) < 4.78 is 76.8. The normalized spacial score (nSPS) is 13.5. The van der Waals surface area contributed by atoms with Gasteiger partial charge in [0, 0.05) is 12.0 Å². The Morgan fingerprint density at radius 3 is 2.46 bits per heavy atom. The minimum absolute atomic E-state index is 0.0139. The van der Waals surface area contributed by atoms with Gasteiger partial charge in [-0.05, 0) is 26.3 Å². The summed E-state index contributed by atoms with van der Waals surface area (Å²) in [5.41, 5.74) is -0.649. The number of carbonyl (C=O) groups excluding carboxylic acids is 1. The van der Waals surface area contributed by atoms with Crippen LogP contribution in [-0.2, 0) is 32.6 Å². The number of nitrogens with zero attached hydrogens (tertiary/aromatic N) is 3. The van der Waals surface area contributed by atoms with Gasteiger partial charge in [-0.25, -0.2) is 13.4 Å². The van der Waals surface area contributed by atoms with Crippen molar-refractivity contribution < 1.29 is 40.6 Å². The number of halogens is 5. The van der Waals surface area contributed by atoms with E-state index in [2.05, 4.69) is 15.2 Å². The number of aliphatic hydroxyl groups is 1. The lowest BCUT2D eigenvalue weighted by atomic mass is 9.89. The minimum Gasteiger partial charge on any atom is -0.469 e. The van der Waals surface area contributed by atoms with Crippen LogP contribution in [0.2, 0.25) is 10.0 Å². The zero-order chi connectivity index (χ0) is 29.3. The third-order valence-electron chi connectivity index (χ3n) is 5.51. The first-order chi connectivity index (χ1) is 18.1. The van der Waals surface area contributed by atoms with E-state index in [1.807, 2.05) is 0 Å². The Balaban J connectivity index is 1.97. The Bertz CT molecular complexity index is 1470. The molecule has 39 heavy (non-hydrogen) atoms. The van der Waals surface area contributed by atoms with Crippen molar-refractivity contribution in [3.05, 3.63) is 33.8 Å². The number of aromatic nitrogens is 3. The van der Waals surface area contributed by atoms with Gasteiger partial charge in [0.2, 0.25) is 15.9 Å². The SMILES string of the molecule is CC[C@H](NS(=O)(=O)c1ccc(-c2sc(-c3nnc(CC(C)(C)C(=O)OC)o3)nc2CO)c(Cl)c1Cl)C(F)(F)F. The molecule has 3 aromatic rings. The zero-order valence-electron chi connectivity index (χ0n) is 20.9. The second-order valence-corrected chi connectivity index (χ2v) is 12.3. The molecule has 0 aliphatic carbocycles. The average Bonchev–Trinajstić information content (AvgIpc) is 3.49. The highest BCUT2D eigenvalue weighted by Gasteiger charge is 2.41. The molecule has 0 spiro atoms. The summed E-state index contributed by atoms with van der Waals surface area (Å²) >= 11 is 13.5. The van der Waals surface area contributed by atoms with Gasteiger partial charge in [0.05, 0.1) is 39.7 Å². The maximum atomic E-state index is 13.1. The maximum Gasteiger partial charge on any atom is 0.404 e. The van der Waals surface area contributed by atoms with Crippen LogP contribution in [0, 0.1) is 5.41 Å². The topological polar surface area (TPSA) is 145 Å². The van der Waals surface area contributed by atoms with Crippen molar-refractivity contribution in [1.82, 2.24) is 19.9 Å². The molecular weight excluding hydrogens is 608 g/mol. The van der Waals surface area contributed by atoms with E-state index >= 15 is 0 Å². The van der Waals surface area contributed by atoms with Crippen molar-refractivity contribution >= 4 is 50.5 Å². The van der Waals surface area contributed by atoms with E-state index in [0.29, 0.717) is 0 Å². The Kier molecular flexibility index (Phi) is 9.34. The lowest BCUT2D eigenvalue weighted by Crippen LogP contribution is -2.44. The van der Waals surface area contributed by atoms with Gasteiger partial charge in [0.15, 0.2) is 5.01 Å². The molecule has 1 atom stereocenters. The van der Waals surface area contributed by atoms with Crippen molar-refractivity contribution in [1.29, 1.82) is 0 Å². The first-order valence-corrected chi connectivity index (χ1v) is 14.2. The van der Waals surface area contributed by atoms with E-state index in [9.17, 15) is 31.5 Å². The number of aliphatic hydroxyl groups excluding tert-OH is 1. The van der Waals surface area contributed by atoms with E-state index in [1.165, 1.54) is 20.1 Å². The second kappa shape index (κ2) is 11.7. The Morgan fingerprint density at radius 2 is 1.90 bits per heavy atom. The summed E-state index contributed by atoms with van der Waals surface area (Å²) in [6.07, 6.45) is -5.26. The molecular formula is C22H23Cl2F3N4O6S2. The smallest absolute Gasteiger partial charge is 0.404 e. The van der Waals surface area contributed by atoms with Gasteiger partial charge in [-0.2, -0.15) is 17.9 Å². The summed E-state index contributed by atoms with van der Waals surface area (Å²) in [4.78, 5) is 15.9. The number of benzene rings is 1. The number of carbonyl (C=O) groups is 1. The predicted molar refractivity (Wildman–Crippen MR) is 137 cm³/mol. The summed E-state index contributed by atoms with van der Waals surface area (Å²) in [6.45, 7) is 3.92. The Hall–Kier alpha value is -2.30. The lowest BCUT2D eigenvalue weighted by Gasteiger charge is -2.20. The van der Waals surface area contributed by atoms with E-state index in [-0.39, 0.29) is 44.4 Å². The lowest BCUT2D eigenvalue weighted by molar-refractivity contribution is -0.152. The summed E-state index contributed by atoms with van der Waals surface area (Å²) in [5, 5.41) is 17.1. The fraction of sp³-hybridized carbons (Fsp3) is 0.455. The first kappa shape index (κ1) is 31.2. The predicted octanol–water partition coefficient (Wildman–Crippen LogP) is 5.02. The van der Waals surface area contributed by atoms with Crippen LogP contribution in [0.15, 0.2) is 21.4 Å². The third-order valence-corrected chi connectivity index (χ3v) is 9.14. The quantitative estimate of drug-likeness (QED) is 0.295.